The Bertz CT molecular complexity index is 642. The first-order valence-electron chi connectivity index (χ1n) is 7.92. The number of aryl methyl sites for hydroxylation is 2. The van der Waals surface area contributed by atoms with Gasteiger partial charge in [0.15, 0.2) is 0 Å². The van der Waals surface area contributed by atoms with Crippen molar-refractivity contribution < 1.29 is 14.8 Å². The van der Waals surface area contributed by atoms with Crippen molar-refractivity contribution >= 4 is 11.6 Å². The average molecular weight is 320 g/mol. The van der Waals surface area contributed by atoms with E-state index < -0.39 is 4.92 Å². The van der Waals surface area contributed by atoms with E-state index in [-0.39, 0.29) is 23.6 Å². The van der Waals surface area contributed by atoms with Gasteiger partial charge in [0.25, 0.3) is 11.6 Å². The minimum atomic E-state index is -0.429. The van der Waals surface area contributed by atoms with E-state index in [1.54, 1.807) is 38.8 Å². The van der Waals surface area contributed by atoms with Crippen LogP contribution in [0.15, 0.2) is 6.07 Å². The molecule has 1 aliphatic carbocycles. The molecule has 1 amide bonds. The molecule has 1 aliphatic rings. The molecule has 0 aromatic heterocycles. The Balaban J connectivity index is 2.31. The number of benzene rings is 1. The second kappa shape index (κ2) is 6.66. The quantitative estimate of drug-likeness (QED) is 0.683. The summed E-state index contributed by atoms with van der Waals surface area (Å²) < 4.78 is 0. The third-order valence-corrected chi connectivity index (χ3v) is 4.80. The number of amides is 1. The molecule has 1 fully saturated rings. The van der Waals surface area contributed by atoms with E-state index >= 15 is 0 Å². The highest BCUT2D eigenvalue weighted by atomic mass is 16.6. The summed E-state index contributed by atoms with van der Waals surface area (Å²) in [5.41, 5.74) is 2.13. The van der Waals surface area contributed by atoms with Gasteiger partial charge in [-0.2, -0.15) is 0 Å². The van der Waals surface area contributed by atoms with Gasteiger partial charge in [-0.3, -0.25) is 14.9 Å². The number of aliphatic hydroxyl groups excluding tert-OH is 1. The summed E-state index contributed by atoms with van der Waals surface area (Å²) in [6.07, 6.45) is 2.30. The SMILES string of the molecule is Cc1cc(C)c([N+](=O)[O-])c(C)c1C(=O)N(C)CC1CCCC1O. The van der Waals surface area contributed by atoms with Crippen molar-refractivity contribution in [2.75, 3.05) is 13.6 Å². The molecule has 1 aromatic carbocycles. The zero-order valence-corrected chi connectivity index (χ0v) is 14.1. The molecule has 0 heterocycles. The number of hydrogen-bond donors (Lipinski definition) is 1. The van der Waals surface area contributed by atoms with Gasteiger partial charge in [-0.25, -0.2) is 0 Å². The predicted molar refractivity (Wildman–Crippen MR) is 87.6 cm³/mol. The zero-order chi connectivity index (χ0) is 17.3. The van der Waals surface area contributed by atoms with Crippen LogP contribution in [-0.2, 0) is 0 Å². The van der Waals surface area contributed by atoms with Crippen molar-refractivity contribution in [3.63, 3.8) is 0 Å². The van der Waals surface area contributed by atoms with Gasteiger partial charge in [-0.15, -0.1) is 0 Å². The van der Waals surface area contributed by atoms with E-state index in [1.807, 2.05) is 0 Å². The van der Waals surface area contributed by atoms with Crippen LogP contribution >= 0.6 is 0 Å². The van der Waals surface area contributed by atoms with E-state index in [0.29, 0.717) is 23.2 Å². The van der Waals surface area contributed by atoms with Gasteiger partial charge in [0.1, 0.15) is 0 Å². The van der Waals surface area contributed by atoms with Gasteiger partial charge in [-0.1, -0.05) is 6.42 Å². The van der Waals surface area contributed by atoms with E-state index in [1.165, 1.54) is 0 Å². The number of nitro benzene ring substituents is 1. The standard InChI is InChI=1S/C17H24N2O4/c1-10-8-11(2)16(19(22)23)12(3)15(10)17(21)18(4)9-13-6-5-7-14(13)20/h8,13-14,20H,5-7,9H2,1-4H3. The van der Waals surface area contributed by atoms with Crippen LogP contribution < -0.4 is 0 Å². The molecule has 2 atom stereocenters. The van der Waals surface area contributed by atoms with Gasteiger partial charge < -0.3 is 10.0 Å². The monoisotopic (exact) mass is 320 g/mol. The van der Waals surface area contributed by atoms with Crippen LogP contribution in [0.2, 0.25) is 0 Å². The first kappa shape index (κ1) is 17.4. The maximum atomic E-state index is 12.8. The highest BCUT2D eigenvalue weighted by molar-refractivity contribution is 5.98. The van der Waals surface area contributed by atoms with Crippen LogP contribution in [0.5, 0.6) is 0 Å². The maximum Gasteiger partial charge on any atom is 0.275 e. The Kier molecular flexibility index (Phi) is 5.04. The molecule has 1 saturated carbocycles. The Labute approximate surface area is 136 Å². The normalized spacial score (nSPS) is 20.6. The van der Waals surface area contributed by atoms with Crippen molar-refractivity contribution in [2.24, 2.45) is 5.92 Å². The third-order valence-electron chi connectivity index (χ3n) is 4.80. The first-order valence-corrected chi connectivity index (χ1v) is 7.92. The Morgan fingerprint density at radius 1 is 1.35 bits per heavy atom. The van der Waals surface area contributed by atoms with E-state index in [2.05, 4.69) is 0 Å². The number of aliphatic hydroxyl groups is 1. The number of nitro groups is 1. The molecule has 1 N–H and O–H groups in total. The van der Waals surface area contributed by atoms with Crippen molar-refractivity contribution in [2.45, 2.75) is 46.1 Å². The van der Waals surface area contributed by atoms with Gasteiger partial charge in [-0.05, 0) is 45.2 Å². The molecular formula is C17H24N2O4. The second-order valence-electron chi connectivity index (χ2n) is 6.56. The van der Waals surface area contributed by atoms with Crippen LogP contribution in [0.3, 0.4) is 0 Å². The number of nitrogens with zero attached hydrogens (tertiary/aromatic N) is 2. The fraction of sp³-hybridized carbons (Fsp3) is 0.588. The topological polar surface area (TPSA) is 83.7 Å². The second-order valence-corrected chi connectivity index (χ2v) is 6.56. The Hall–Kier alpha value is -1.95. The molecule has 0 spiro atoms. The zero-order valence-electron chi connectivity index (χ0n) is 14.1. The largest absolute Gasteiger partial charge is 0.393 e. The third kappa shape index (κ3) is 3.37. The lowest BCUT2D eigenvalue weighted by molar-refractivity contribution is -0.386. The van der Waals surface area contributed by atoms with Gasteiger partial charge >= 0.3 is 0 Å². The summed E-state index contributed by atoms with van der Waals surface area (Å²) in [5.74, 6) is -0.132. The maximum absolute atomic E-state index is 12.8. The highest BCUT2D eigenvalue weighted by Crippen LogP contribution is 2.31. The Morgan fingerprint density at radius 2 is 2.00 bits per heavy atom. The van der Waals surface area contributed by atoms with Crippen molar-refractivity contribution in [1.82, 2.24) is 4.90 Å². The molecular weight excluding hydrogens is 296 g/mol. The summed E-state index contributed by atoms with van der Waals surface area (Å²) in [6, 6.07) is 1.69. The van der Waals surface area contributed by atoms with Crippen LogP contribution in [0.1, 0.15) is 46.3 Å². The van der Waals surface area contributed by atoms with Gasteiger partial charge in [0.2, 0.25) is 0 Å². The smallest absolute Gasteiger partial charge is 0.275 e. The van der Waals surface area contributed by atoms with Crippen LogP contribution in [0.4, 0.5) is 5.69 Å². The molecule has 0 aliphatic heterocycles. The fourth-order valence-electron chi connectivity index (χ4n) is 3.64. The number of carbonyl (C=O) groups excluding carboxylic acids is 1. The van der Waals surface area contributed by atoms with Gasteiger partial charge in [0.05, 0.1) is 16.6 Å². The van der Waals surface area contributed by atoms with E-state index in [4.69, 9.17) is 0 Å². The lowest BCUT2D eigenvalue weighted by Gasteiger charge is -2.24. The van der Waals surface area contributed by atoms with Crippen molar-refractivity contribution in [3.8, 4) is 0 Å². The summed E-state index contributed by atoms with van der Waals surface area (Å²) in [4.78, 5) is 25.2. The van der Waals surface area contributed by atoms with E-state index in [0.717, 1.165) is 24.8 Å². The van der Waals surface area contributed by atoms with E-state index in [9.17, 15) is 20.0 Å². The molecule has 0 bridgehead atoms. The Morgan fingerprint density at radius 3 is 2.52 bits per heavy atom. The summed E-state index contributed by atoms with van der Waals surface area (Å²) in [5, 5.41) is 21.2. The lowest BCUT2D eigenvalue weighted by atomic mass is 9.96. The molecule has 0 saturated heterocycles. The minimum absolute atomic E-state index is 0.00764. The van der Waals surface area contributed by atoms with Crippen molar-refractivity contribution in [1.29, 1.82) is 0 Å². The van der Waals surface area contributed by atoms with Crippen LogP contribution in [-0.4, -0.2) is 40.5 Å². The summed E-state index contributed by atoms with van der Waals surface area (Å²) in [6.45, 7) is 5.59. The number of carbonyl (C=O) groups is 1. The number of hydrogen-bond acceptors (Lipinski definition) is 4. The lowest BCUT2D eigenvalue weighted by Crippen LogP contribution is -2.35. The number of rotatable bonds is 4. The minimum Gasteiger partial charge on any atom is -0.393 e. The highest BCUT2D eigenvalue weighted by Gasteiger charge is 2.30. The molecule has 6 heteroatoms. The average Bonchev–Trinajstić information content (AvgIpc) is 2.82. The van der Waals surface area contributed by atoms with Gasteiger partial charge in [0, 0.05) is 30.6 Å². The van der Waals surface area contributed by atoms with Crippen LogP contribution in [0, 0.1) is 36.8 Å². The fourth-order valence-corrected chi connectivity index (χ4v) is 3.64. The molecule has 0 radical (unpaired) electrons. The van der Waals surface area contributed by atoms with Crippen molar-refractivity contribution in [3.05, 3.63) is 38.4 Å². The first-order chi connectivity index (χ1) is 10.7. The summed E-state index contributed by atoms with van der Waals surface area (Å²) >= 11 is 0. The molecule has 2 rings (SSSR count). The van der Waals surface area contributed by atoms with Crippen LogP contribution in [0.25, 0.3) is 0 Å². The molecule has 126 valence electrons. The molecule has 1 aromatic rings. The predicted octanol–water partition coefficient (Wildman–Crippen LogP) is 2.75. The molecule has 2 unspecified atom stereocenters. The molecule has 23 heavy (non-hydrogen) atoms. The molecule has 6 nitrogen and oxygen atoms in total. The summed E-state index contributed by atoms with van der Waals surface area (Å²) in [7, 11) is 1.69.